The summed E-state index contributed by atoms with van der Waals surface area (Å²) in [7, 11) is 0. The molecular weight excluding hydrogens is 274 g/mol. The first-order valence-corrected chi connectivity index (χ1v) is 7.32. The zero-order valence-electron chi connectivity index (χ0n) is 11.7. The molecule has 1 N–H and O–H groups in total. The zero-order valence-corrected chi connectivity index (χ0v) is 12.5. The van der Waals surface area contributed by atoms with Gasteiger partial charge in [0.2, 0.25) is 11.1 Å². The Bertz CT molecular complexity index is 579. The fourth-order valence-electron chi connectivity index (χ4n) is 1.61. The minimum Gasteiger partial charge on any atom is -0.353 e. The summed E-state index contributed by atoms with van der Waals surface area (Å²) >= 11 is 1.32. The highest BCUT2D eigenvalue weighted by atomic mass is 32.2. The number of hydrogen-bond donors (Lipinski definition) is 1. The Hall–Kier alpha value is -1.89. The Morgan fingerprint density at radius 1 is 1.35 bits per heavy atom. The van der Waals surface area contributed by atoms with E-state index >= 15 is 0 Å². The number of amides is 1. The van der Waals surface area contributed by atoms with E-state index in [1.54, 1.807) is 4.68 Å². The van der Waals surface area contributed by atoms with E-state index in [9.17, 15) is 4.79 Å². The molecule has 0 spiro atoms. The third-order valence-electron chi connectivity index (χ3n) is 2.50. The van der Waals surface area contributed by atoms with Gasteiger partial charge in [0.1, 0.15) is 0 Å². The molecule has 1 amide bonds. The van der Waals surface area contributed by atoms with Gasteiger partial charge in [-0.05, 0) is 43.3 Å². The molecule has 6 nitrogen and oxygen atoms in total. The summed E-state index contributed by atoms with van der Waals surface area (Å²) < 4.78 is 1.63. The van der Waals surface area contributed by atoms with Crippen LogP contribution in [0.4, 0.5) is 0 Å². The Morgan fingerprint density at radius 3 is 2.70 bits per heavy atom. The highest BCUT2D eigenvalue weighted by Crippen LogP contribution is 2.18. The van der Waals surface area contributed by atoms with Gasteiger partial charge in [-0.2, -0.15) is 4.68 Å². The Kier molecular flexibility index (Phi) is 4.73. The van der Waals surface area contributed by atoms with Crippen LogP contribution in [0.1, 0.15) is 19.4 Å². The van der Waals surface area contributed by atoms with Crippen molar-refractivity contribution < 1.29 is 4.79 Å². The van der Waals surface area contributed by atoms with Crippen LogP contribution < -0.4 is 5.32 Å². The normalized spacial score (nSPS) is 10.8. The fourth-order valence-corrected chi connectivity index (χ4v) is 2.31. The number of thioether (sulfide) groups is 1. The Morgan fingerprint density at radius 2 is 2.05 bits per heavy atom. The number of tetrazole rings is 1. The van der Waals surface area contributed by atoms with Crippen LogP contribution in [0.2, 0.25) is 0 Å². The molecule has 1 aromatic carbocycles. The SMILES string of the molecule is Cc1ccc(-n2nnnc2SCC(=O)NC(C)C)cc1. The monoisotopic (exact) mass is 291 g/mol. The number of rotatable bonds is 5. The van der Waals surface area contributed by atoms with E-state index in [4.69, 9.17) is 0 Å². The number of nitrogens with one attached hydrogen (secondary N) is 1. The lowest BCUT2D eigenvalue weighted by Gasteiger charge is -2.08. The Balaban J connectivity index is 2.05. The summed E-state index contributed by atoms with van der Waals surface area (Å²) in [6.45, 7) is 5.88. The second-order valence-corrected chi connectivity index (χ2v) is 5.66. The van der Waals surface area contributed by atoms with Crippen molar-refractivity contribution >= 4 is 17.7 Å². The van der Waals surface area contributed by atoms with E-state index in [2.05, 4.69) is 20.8 Å². The van der Waals surface area contributed by atoms with Gasteiger partial charge in [-0.1, -0.05) is 29.5 Å². The molecule has 2 aromatic rings. The first kappa shape index (κ1) is 14.5. The number of nitrogens with zero attached hydrogens (tertiary/aromatic N) is 4. The van der Waals surface area contributed by atoms with Gasteiger partial charge in [0.25, 0.3) is 0 Å². The average Bonchev–Trinajstić information content (AvgIpc) is 2.85. The molecule has 1 heterocycles. The lowest BCUT2D eigenvalue weighted by atomic mass is 10.2. The van der Waals surface area contributed by atoms with E-state index in [0.717, 1.165) is 5.69 Å². The van der Waals surface area contributed by atoms with Crippen LogP contribution in [0.15, 0.2) is 29.4 Å². The minimum absolute atomic E-state index is 0.0246. The topological polar surface area (TPSA) is 72.7 Å². The highest BCUT2D eigenvalue weighted by Gasteiger charge is 2.11. The van der Waals surface area contributed by atoms with Crippen molar-refractivity contribution in [2.45, 2.75) is 32.0 Å². The maximum absolute atomic E-state index is 11.6. The van der Waals surface area contributed by atoms with E-state index in [1.807, 2.05) is 45.0 Å². The van der Waals surface area contributed by atoms with Gasteiger partial charge in [-0.15, -0.1) is 5.10 Å². The summed E-state index contributed by atoms with van der Waals surface area (Å²) in [6.07, 6.45) is 0. The van der Waals surface area contributed by atoms with Gasteiger partial charge in [0, 0.05) is 6.04 Å². The molecule has 0 aliphatic rings. The van der Waals surface area contributed by atoms with E-state index in [0.29, 0.717) is 10.9 Å². The van der Waals surface area contributed by atoms with Gasteiger partial charge < -0.3 is 5.32 Å². The fraction of sp³-hybridized carbons (Fsp3) is 0.385. The molecule has 0 unspecified atom stereocenters. The van der Waals surface area contributed by atoms with Gasteiger partial charge in [-0.3, -0.25) is 4.79 Å². The van der Waals surface area contributed by atoms with Crippen molar-refractivity contribution in [3.8, 4) is 5.69 Å². The summed E-state index contributed by atoms with van der Waals surface area (Å²) in [5.74, 6) is 0.271. The van der Waals surface area contributed by atoms with Crippen molar-refractivity contribution in [3.63, 3.8) is 0 Å². The van der Waals surface area contributed by atoms with Gasteiger partial charge in [0.15, 0.2) is 0 Å². The first-order chi connectivity index (χ1) is 9.56. The smallest absolute Gasteiger partial charge is 0.230 e. The molecule has 0 atom stereocenters. The molecule has 7 heteroatoms. The molecule has 0 saturated heterocycles. The average molecular weight is 291 g/mol. The number of carbonyl (C=O) groups excluding carboxylic acids is 1. The summed E-state index contributed by atoms with van der Waals surface area (Å²) in [5.41, 5.74) is 2.06. The van der Waals surface area contributed by atoms with E-state index in [-0.39, 0.29) is 11.9 Å². The summed E-state index contributed by atoms with van der Waals surface area (Å²) in [5, 5.41) is 15.0. The van der Waals surface area contributed by atoms with Gasteiger partial charge in [0.05, 0.1) is 11.4 Å². The quantitative estimate of drug-likeness (QED) is 0.847. The predicted octanol–water partition coefficient (Wildman–Crippen LogP) is 1.59. The zero-order chi connectivity index (χ0) is 14.5. The lowest BCUT2D eigenvalue weighted by molar-refractivity contribution is -0.119. The van der Waals surface area contributed by atoms with Crippen molar-refractivity contribution in [1.82, 2.24) is 25.5 Å². The number of aromatic nitrogens is 4. The maximum Gasteiger partial charge on any atom is 0.230 e. The van der Waals surface area contributed by atoms with E-state index in [1.165, 1.54) is 17.3 Å². The van der Waals surface area contributed by atoms with Crippen molar-refractivity contribution in [2.24, 2.45) is 0 Å². The second-order valence-electron chi connectivity index (χ2n) is 4.72. The number of benzene rings is 1. The largest absolute Gasteiger partial charge is 0.353 e. The number of aryl methyl sites for hydroxylation is 1. The third kappa shape index (κ3) is 3.80. The van der Waals surface area contributed by atoms with Crippen molar-refractivity contribution in [3.05, 3.63) is 29.8 Å². The molecule has 106 valence electrons. The molecule has 0 bridgehead atoms. The summed E-state index contributed by atoms with van der Waals surface area (Å²) in [6, 6.07) is 8.03. The van der Waals surface area contributed by atoms with Crippen LogP contribution in [0, 0.1) is 6.92 Å². The molecule has 0 aliphatic heterocycles. The van der Waals surface area contributed by atoms with Crippen molar-refractivity contribution in [2.75, 3.05) is 5.75 Å². The minimum atomic E-state index is -0.0246. The molecule has 2 rings (SSSR count). The van der Waals surface area contributed by atoms with Crippen LogP contribution in [0.5, 0.6) is 0 Å². The van der Waals surface area contributed by atoms with Gasteiger partial charge >= 0.3 is 0 Å². The Labute approximate surface area is 121 Å². The second kappa shape index (κ2) is 6.51. The lowest BCUT2D eigenvalue weighted by Crippen LogP contribution is -2.31. The third-order valence-corrected chi connectivity index (χ3v) is 3.42. The predicted molar refractivity (Wildman–Crippen MR) is 77.9 cm³/mol. The highest BCUT2D eigenvalue weighted by molar-refractivity contribution is 7.99. The van der Waals surface area contributed by atoms with Crippen molar-refractivity contribution in [1.29, 1.82) is 0 Å². The van der Waals surface area contributed by atoms with Crippen LogP contribution in [-0.4, -0.2) is 37.9 Å². The van der Waals surface area contributed by atoms with Crippen LogP contribution in [-0.2, 0) is 4.79 Å². The molecular formula is C13H17N5OS. The molecule has 0 aliphatic carbocycles. The molecule has 1 aromatic heterocycles. The van der Waals surface area contributed by atoms with Crippen LogP contribution >= 0.6 is 11.8 Å². The number of carbonyl (C=O) groups is 1. The summed E-state index contributed by atoms with van der Waals surface area (Å²) in [4.78, 5) is 11.6. The molecule has 0 saturated carbocycles. The van der Waals surface area contributed by atoms with Gasteiger partial charge in [-0.25, -0.2) is 0 Å². The first-order valence-electron chi connectivity index (χ1n) is 6.34. The number of hydrogen-bond acceptors (Lipinski definition) is 5. The molecule has 20 heavy (non-hydrogen) atoms. The van der Waals surface area contributed by atoms with E-state index < -0.39 is 0 Å². The standard InChI is InChI=1S/C13H17N5OS/c1-9(2)14-12(19)8-20-13-15-16-17-18(13)11-6-4-10(3)5-7-11/h4-7,9H,8H2,1-3H3,(H,14,19). The maximum atomic E-state index is 11.6. The van der Waals surface area contributed by atoms with Crippen LogP contribution in [0.3, 0.4) is 0 Å². The van der Waals surface area contributed by atoms with Crippen LogP contribution in [0.25, 0.3) is 5.69 Å². The molecule has 0 radical (unpaired) electrons. The molecule has 0 fully saturated rings.